The van der Waals surface area contributed by atoms with Crippen LogP contribution in [0.3, 0.4) is 0 Å². The van der Waals surface area contributed by atoms with Gasteiger partial charge < -0.3 is 4.48 Å². The minimum Gasteiger partial charge on any atom is -0.321 e. The van der Waals surface area contributed by atoms with Crippen LogP contribution in [0.4, 0.5) is 0 Å². The summed E-state index contributed by atoms with van der Waals surface area (Å²) in [7, 11) is 4.78. The molecule has 6 aromatic rings. The smallest absolute Gasteiger partial charge is 0.105 e. The van der Waals surface area contributed by atoms with Crippen molar-refractivity contribution in [2.24, 2.45) is 0 Å². The minimum absolute atomic E-state index is 0.897. The molecule has 0 saturated heterocycles. The lowest BCUT2D eigenvalue weighted by Gasteiger charge is -2.30. The van der Waals surface area contributed by atoms with Gasteiger partial charge in [-0.15, -0.1) is 0 Å². The second-order valence-electron chi connectivity index (χ2n) is 12.0. The Kier molecular flexibility index (Phi) is 5.47. The molecule has 1 aliphatic heterocycles. The van der Waals surface area contributed by atoms with E-state index in [9.17, 15) is 0 Å². The third-order valence-corrected chi connectivity index (χ3v) is 8.46. The summed E-state index contributed by atoms with van der Waals surface area (Å²) in [5.41, 5.74) is 13.6. The van der Waals surface area contributed by atoms with Crippen molar-refractivity contribution >= 4 is 21.5 Å². The molecular formula is C38H34N+. The molecule has 1 heteroatoms. The summed E-state index contributed by atoms with van der Waals surface area (Å²) in [6, 6.07) is 41.0. The maximum atomic E-state index is 2.43. The summed E-state index contributed by atoms with van der Waals surface area (Å²) in [4.78, 5) is 0. The Morgan fingerprint density at radius 1 is 0.487 bits per heavy atom. The van der Waals surface area contributed by atoms with Crippen LogP contribution in [-0.4, -0.2) is 18.6 Å². The normalized spacial score (nSPS) is 14.2. The lowest BCUT2D eigenvalue weighted by Crippen LogP contribution is -2.37. The van der Waals surface area contributed by atoms with Crippen LogP contribution < -0.4 is 0 Å². The van der Waals surface area contributed by atoms with E-state index in [1.807, 2.05) is 0 Å². The number of quaternary nitrogens is 1. The number of fused-ring (bicyclic) bond motifs is 7. The Hall–Kier alpha value is -4.20. The third kappa shape index (κ3) is 4.06. The van der Waals surface area contributed by atoms with Gasteiger partial charge in [0.15, 0.2) is 0 Å². The fourth-order valence-electron chi connectivity index (χ4n) is 6.57. The molecule has 0 saturated carbocycles. The lowest BCUT2D eigenvalue weighted by molar-refractivity contribution is -0.916. The topological polar surface area (TPSA) is 0 Å². The van der Waals surface area contributed by atoms with E-state index in [1.54, 1.807) is 0 Å². The Bertz CT molecular complexity index is 1730. The average Bonchev–Trinajstić information content (AvgIpc) is 3.06. The quantitative estimate of drug-likeness (QED) is 0.206. The van der Waals surface area contributed by atoms with Crippen LogP contribution >= 0.6 is 0 Å². The second kappa shape index (κ2) is 8.93. The van der Waals surface area contributed by atoms with Crippen molar-refractivity contribution in [2.45, 2.75) is 26.9 Å². The second-order valence-corrected chi connectivity index (χ2v) is 12.0. The van der Waals surface area contributed by atoms with E-state index in [0.29, 0.717) is 0 Å². The first-order valence-electron chi connectivity index (χ1n) is 13.9. The summed E-state index contributed by atoms with van der Waals surface area (Å²) in [6.45, 7) is 6.28. The highest BCUT2D eigenvalue weighted by atomic mass is 15.3. The largest absolute Gasteiger partial charge is 0.321 e. The van der Waals surface area contributed by atoms with Gasteiger partial charge in [-0.05, 0) is 69.8 Å². The van der Waals surface area contributed by atoms with E-state index in [0.717, 1.165) is 17.6 Å². The highest BCUT2D eigenvalue weighted by molar-refractivity contribution is 6.11. The van der Waals surface area contributed by atoms with Crippen molar-refractivity contribution in [1.82, 2.24) is 0 Å². The molecule has 190 valence electrons. The van der Waals surface area contributed by atoms with Crippen LogP contribution in [0.1, 0.15) is 22.3 Å². The standard InChI is InChI=1S/C38H34N/c1-25-13-17-27(18-14-25)33-21-29-9-5-7-11-31(29)37-35(33)23-39(3,4)24-36-34(28-19-15-26(2)16-20-28)22-30-10-6-8-12-32(30)38(36)37/h5-22H,23-24H2,1-4H3/q+1. The molecule has 0 unspecified atom stereocenters. The third-order valence-electron chi connectivity index (χ3n) is 8.46. The molecule has 0 bridgehead atoms. The number of nitrogens with zero attached hydrogens (tertiary/aromatic N) is 1. The predicted octanol–water partition coefficient (Wildman–Crippen LogP) is 9.70. The molecule has 6 aromatic carbocycles. The molecule has 0 aliphatic carbocycles. The fraction of sp³-hybridized carbons (Fsp3) is 0.158. The van der Waals surface area contributed by atoms with Crippen LogP contribution in [-0.2, 0) is 13.1 Å². The van der Waals surface area contributed by atoms with Crippen molar-refractivity contribution in [2.75, 3.05) is 14.1 Å². The van der Waals surface area contributed by atoms with Gasteiger partial charge in [-0.25, -0.2) is 0 Å². The van der Waals surface area contributed by atoms with Gasteiger partial charge in [0.05, 0.1) is 14.1 Å². The van der Waals surface area contributed by atoms with Gasteiger partial charge in [0.25, 0.3) is 0 Å². The first kappa shape index (κ1) is 23.9. The summed E-state index contributed by atoms with van der Waals surface area (Å²) >= 11 is 0. The number of hydrogen-bond donors (Lipinski definition) is 0. The molecule has 7 rings (SSSR count). The molecule has 0 amide bonds. The van der Waals surface area contributed by atoms with Crippen LogP contribution in [0.25, 0.3) is 54.9 Å². The molecule has 0 spiro atoms. The van der Waals surface area contributed by atoms with Gasteiger partial charge in [-0.2, -0.15) is 0 Å². The predicted molar refractivity (Wildman–Crippen MR) is 167 cm³/mol. The van der Waals surface area contributed by atoms with Gasteiger partial charge in [-0.3, -0.25) is 0 Å². The molecular weight excluding hydrogens is 470 g/mol. The maximum Gasteiger partial charge on any atom is 0.105 e. The molecule has 1 nitrogen and oxygen atoms in total. The SMILES string of the molecule is Cc1ccc(-c2cc3ccccc3c3c2C[N+](C)(C)Cc2c(-c4ccc(C)cc4)cc4ccccc4c2-3)cc1. The van der Waals surface area contributed by atoms with Crippen LogP contribution in [0.5, 0.6) is 0 Å². The number of rotatable bonds is 2. The maximum absolute atomic E-state index is 2.43. The summed E-state index contributed by atoms with van der Waals surface area (Å²) < 4.78 is 0.897. The molecule has 0 N–H and O–H groups in total. The zero-order valence-electron chi connectivity index (χ0n) is 23.3. The van der Waals surface area contributed by atoms with E-state index >= 15 is 0 Å². The molecule has 0 aromatic heterocycles. The van der Waals surface area contributed by atoms with Crippen molar-refractivity contribution in [1.29, 1.82) is 0 Å². The van der Waals surface area contributed by atoms with Crippen LogP contribution in [0, 0.1) is 13.8 Å². The van der Waals surface area contributed by atoms with Gasteiger partial charge in [0, 0.05) is 22.3 Å². The fourth-order valence-corrected chi connectivity index (χ4v) is 6.57. The molecule has 0 atom stereocenters. The minimum atomic E-state index is 0.897. The highest BCUT2D eigenvalue weighted by Gasteiger charge is 2.33. The lowest BCUT2D eigenvalue weighted by atomic mass is 9.82. The van der Waals surface area contributed by atoms with Crippen molar-refractivity contribution in [3.63, 3.8) is 0 Å². The van der Waals surface area contributed by atoms with Gasteiger partial charge in [-0.1, -0.05) is 108 Å². The van der Waals surface area contributed by atoms with E-state index in [2.05, 4.69) is 137 Å². The molecule has 1 heterocycles. The van der Waals surface area contributed by atoms with E-state index < -0.39 is 0 Å². The molecule has 39 heavy (non-hydrogen) atoms. The zero-order valence-corrected chi connectivity index (χ0v) is 23.3. The first-order chi connectivity index (χ1) is 18.9. The van der Waals surface area contributed by atoms with Crippen molar-refractivity contribution < 1.29 is 4.48 Å². The number of benzene rings is 6. The molecule has 1 aliphatic rings. The number of hydrogen-bond acceptors (Lipinski definition) is 0. The van der Waals surface area contributed by atoms with E-state index in [1.165, 1.54) is 77.2 Å². The molecule has 0 fully saturated rings. The average molecular weight is 505 g/mol. The first-order valence-corrected chi connectivity index (χ1v) is 13.9. The van der Waals surface area contributed by atoms with Crippen LogP contribution in [0.2, 0.25) is 0 Å². The van der Waals surface area contributed by atoms with E-state index in [4.69, 9.17) is 0 Å². The monoisotopic (exact) mass is 504 g/mol. The van der Waals surface area contributed by atoms with Crippen LogP contribution in [0.15, 0.2) is 109 Å². The highest BCUT2D eigenvalue weighted by Crippen LogP contribution is 2.49. The Morgan fingerprint density at radius 2 is 0.872 bits per heavy atom. The Labute approximate surface area is 231 Å². The zero-order chi connectivity index (χ0) is 26.7. The van der Waals surface area contributed by atoms with E-state index in [-0.39, 0.29) is 0 Å². The Balaban J connectivity index is 1.68. The van der Waals surface area contributed by atoms with Gasteiger partial charge in [0.1, 0.15) is 13.1 Å². The van der Waals surface area contributed by atoms with Gasteiger partial charge in [0.2, 0.25) is 0 Å². The summed E-state index contributed by atoms with van der Waals surface area (Å²) in [5.74, 6) is 0. The Morgan fingerprint density at radius 3 is 1.28 bits per heavy atom. The van der Waals surface area contributed by atoms with Crippen molar-refractivity contribution in [3.8, 4) is 33.4 Å². The van der Waals surface area contributed by atoms with Gasteiger partial charge >= 0.3 is 0 Å². The summed E-state index contributed by atoms with van der Waals surface area (Å²) in [5, 5.41) is 5.29. The summed E-state index contributed by atoms with van der Waals surface area (Å²) in [6.07, 6.45) is 0. The van der Waals surface area contributed by atoms with Crippen molar-refractivity contribution in [3.05, 3.63) is 131 Å². The number of aryl methyl sites for hydroxylation is 2. The molecule has 0 radical (unpaired) electrons.